The maximum absolute atomic E-state index is 5.74. The first-order valence-electron chi connectivity index (χ1n) is 4.35. The summed E-state index contributed by atoms with van der Waals surface area (Å²) in [6, 6.07) is 3.62. The third kappa shape index (κ3) is 1.08. The number of hydrogen-bond acceptors (Lipinski definition) is 5. The van der Waals surface area contributed by atoms with Crippen molar-refractivity contribution in [2.75, 3.05) is 5.73 Å². The van der Waals surface area contributed by atoms with Crippen molar-refractivity contribution >= 4 is 16.7 Å². The molecule has 6 heteroatoms. The molecule has 1 aromatic carbocycles. The molecule has 0 atom stereocenters. The molecule has 0 spiro atoms. The quantitative estimate of drug-likeness (QED) is 0.593. The Kier molecular flexibility index (Phi) is 1.49. The second-order valence-corrected chi connectivity index (χ2v) is 3.11. The monoisotopic (exact) mass is 201 g/mol. The molecular weight excluding hydrogens is 194 g/mol. The van der Waals surface area contributed by atoms with E-state index in [1.807, 2.05) is 16.8 Å². The van der Waals surface area contributed by atoms with Gasteiger partial charge in [0.15, 0.2) is 11.0 Å². The highest BCUT2D eigenvalue weighted by molar-refractivity contribution is 5.91. The van der Waals surface area contributed by atoms with Crippen LogP contribution in [0.1, 0.15) is 0 Å². The van der Waals surface area contributed by atoms with Gasteiger partial charge < -0.3 is 10.3 Å². The van der Waals surface area contributed by atoms with Crippen molar-refractivity contribution in [3.05, 3.63) is 30.9 Å². The highest BCUT2D eigenvalue weighted by atomic mass is 16.6. The van der Waals surface area contributed by atoms with Crippen LogP contribution >= 0.6 is 0 Å². The van der Waals surface area contributed by atoms with Crippen LogP contribution in [-0.4, -0.2) is 19.9 Å². The lowest BCUT2D eigenvalue weighted by atomic mass is 10.2. The molecule has 0 saturated carbocycles. The molecular formula is C9H7N5O. The Morgan fingerprint density at radius 2 is 2.07 bits per heavy atom. The van der Waals surface area contributed by atoms with Gasteiger partial charge in [0.2, 0.25) is 0 Å². The molecule has 0 aliphatic heterocycles. The van der Waals surface area contributed by atoms with Crippen LogP contribution < -0.4 is 5.73 Å². The Morgan fingerprint density at radius 1 is 1.20 bits per heavy atom. The minimum absolute atomic E-state index is 0.551. The van der Waals surface area contributed by atoms with Crippen LogP contribution in [0, 0.1) is 0 Å². The van der Waals surface area contributed by atoms with E-state index < -0.39 is 0 Å². The zero-order valence-corrected chi connectivity index (χ0v) is 7.66. The zero-order valence-electron chi connectivity index (χ0n) is 7.66. The van der Waals surface area contributed by atoms with Crippen molar-refractivity contribution in [3.8, 4) is 5.69 Å². The second kappa shape index (κ2) is 2.81. The fraction of sp³-hybridized carbons (Fsp3) is 0. The van der Waals surface area contributed by atoms with Gasteiger partial charge in [-0.3, -0.25) is 0 Å². The molecule has 2 N–H and O–H groups in total. The highest BCUT2D eigenvalue weighted by Crippen LogP contribution is 2.23. The molecule has 0 bridgehead atoms. The number of anilines is 1. The summed E-state index contributed by atoms with van der Waals surface area (Å²) in [4.78, 5) is 3.97. The van der Waals surface area contributed by atoms with E-state index in [9.17, 15) is 0 Å². The topological polar surface area (TPSA) is 82.8 Å². The molecule has 0 amide bonds. The molecule has 0 unspecified atom stereocenters. The van der Waals surface area contributed by atoms with Gasteiger partial charge in [-0.15, -0.1) is 0 Å². The summed E-state index contributed by atoms with van der Waals surface area (Å²) >= 11 is 0. The van der Waals surface area contributed by atoms with Crippen LogP contribution in [0.15, 0.2) is 35.5 Å². The summed E-state index contributed by atoms with van der Waals surface area (Å²) in [5, 5.41) is 7.56. The minimum Gasteiger partial charge on any atom is -0.397 e. The molecule has 0 fully saturated rings. The predicted octanol–water partition coefficient (Wildman–Crippen LogP) is 0.991. The molecule has 15 heavy (non-hydrogen) atoms. The van der Waals surface area contributed by atoms with E-state index in [0.717, 1.165) is 5.69 Å². The number of imidazole rings is 1. The fourth-order valence-electron chi connectivity index (χ4n) is 1.48. The normalized spacial score (nSPS) is 10.9. The lowest BCUT2D eigenvalue weighted by Gasteiger charge is -2.02. The highest BCUT2D eigenvalue weighted by Gasteiger charge is 2.10. The maximum atomic E-state index is 5.74. The average Bonchev–Trinajstić information content (AvgIpc) is 2.88. The van der Waals surface area contributed by atoms with E-state index in [-0.39, 0.29) is 0 Å². The minimum atomic E-state index is 0.551. The number of aromatic nitrogens is 4. The predicted molar refractivity (Wildman–Crippen MR) is 53.3 cm³/mol. The van der Waals surface area contributed by atoms with Crippen LogP contribution in [0.5, 0.6) is 0 Å². The van der Waals surface area contributed by atoms with Crippen LogP contribution in [0.2, 0.25) is 0 Å². The van der Waals surface area contributed by atoms with Gasteiger partial charge in [0.05, 0.1) is 17.7 Å². The van der Waals surface area contributed by atoms with Gasteiger partial charge in [0, 0.05) is 12.4 Å². The molecule has 0 aliphatic carbocycles. The Bertz CT molecular complexity index is 598. The van der Waals surface area contributed by atoms with E-state index in [2.05, 4.69) is 19.9 Å². The standard InChI is InChI=1S/C9H7N5O/c10-6-1-2-7(14-4-3-11-5-14)9-8(6)12-15-13-9/h1-5H,10H2. The van der Waals surface area contributed by atoms with Crippen LogP contribution in [0.25, 0.3) is 16.7 Å². The Morgan fingerprint density at radius 3 is 2.87 bits per heavy atom. The van der Waals surface area contributed by atoms with E-state index in [4.69, 9.17) is 5.73 Å². The number of benzene rings is 1. The molecule has 3 rings (SSSR count). The Balaban J connectivity index is 2.37. The summed E-state index contributed by atoms with van der Waals surface area (Å²) in [6.45, 7) is 0. The number of fused-ring (bicyclic) bond motifs is 1. The largest absolute Gasteiger partial charge is 0.397 e. The Labute approximate surface area is 84.3 Å². The molecule has 0 saturated heterocycles. The second-order valence-electron chi connectivity index (χ2n) is 3.11. The van der Waals surface area contributed by atoms with Crippen molar-refractivity contribution in [1.29, 1.82) is 0 Å². The zero-order chi connectivity index (χ0) is 10.3. The van der Waals surface area contributed by atoms with Gasteiger partial charge in [0.1, 0.15) is 0 Å². The van der Waals surface area contributed by atoms with Crippen LogP contribution in [-0.2, 0) is 0 Å². The summed E-state index contributed by atoms with van der Waals surface area (Å²) in [7, 11) is 0. The van der Waals surface area contributed by atoms with Crippen LogP contribution in [0.4, 0.5) is 5.69 Å². The first-order valence-corrected chi connectivity index (χ1v) is 4.35. The van der Waals surface area contributed by atoms with Crippen molar-refractivity contribution in [1.82, 2.24) is 19.9 Å². The molecule has 74 valence electrons. The fourth-order valence-corrected chi connectivity index (χ4v) is 1.48. The molecule has 2 heterocycles. The van der Waals surface area contributed by atoms with E-state index in [0.29, 0.717) is 16.7 Å². The van der Waals surface area contributed by atoms with E-state index in [1.54, 1.807) is 18.6 Å². The molecule has 0 radical (unpaired) electrons. The van der Waals surface area contributed by atoms with Crippen LogP contribution in [0.3, 0.4) is 0 Å². The van der Waals surface area contributed by atoms with Crippen molar-refractivity contribution in [3.63, 3.8) is 0 Å². The van der Waals surface area contributed by atoms with Gasteiger partial charge in [-0.25, -0.2) is 9.61 Å². The first-order chi connectivity index (χ1) is 7.36. The lowest BCUT2D eigenvalue weighted by molar-refractivity contribution is 0.315. The van der Waals surface area contributed by atoms with Crippen molar-refractivity contribution in [2.24, 2.45) is 0 Å². The SMILES string of the molecule is Nc1ccc(-n2ccnc2)c2nonc12. The smallest absolute Gasteiger partial charge is 0.161 e. The summed E-state index contributed by atoms with van der Waals surface area (Å²) in [5.41, 5.74) is 8.33. The number of rotatable bonds is 1. The van der Waals surface area contributed by atoms with Gasteiger partial charge in [-0.05, 0) is 22.4 Å². The molecule has 3 aromatic rings. The molecule has 6 nitrogen and oxygen atoms in total. The van der Waals surface area contributed by atoms with Crippen molar-refractivity contribution in [2.45, 2.75) is 0 Å². The third-order valence-corrected chi connectivity index (χ3v) is 2.21. The van der Waals surface area contributed by atoms with Crippen molar-refractivity contribution < 1.29 is 4.63 Å². The van der Waals surface area contributed by atoms with Gasteiger partial charge >= 0.3 is 0 Å². The van der Waals surface area contributed by atoms with Gasteiger partial charge in [-0.2, -0.15) is 0 Å². The number of nitrogens with two attached hydrogens (primary N) is 1. The van der Waals surface area contributed by atoms with Gasteiger partial charge in [0.25, 0.3) is 0 Å². The summed E-state index contributed by atoms with van der Waals surface area (Å²) < 4.78 is 6.50. The third-order valence-electron chi connectivity index (χ3n) is 2.21. The Hall–Kier alpha value is -2.37. The molecule has 2 aromatic heterocycles. The maximum Gasteiger partial charge on any atom is 0.161 e. The molecule has 0 aliphatic rings. The summed E-state index contributed by atoms with van der Waals surface area (Å²) in [5.74, 6) is 0. The summed E-state index contributed by atoms with van der Waals surface area (Å²) in [6.07, 6.45) is 5.19. The number of nitrogens with zero attached hydrogens (tertiary/aromatic N) is 4. The van der Waals surface area contributed by atoms with E-state index >= 15 is 0 Å². The first kappa shape index (κ1) is 7.98. The average molecular weight is 201 g/mol. The number of hydrogen-bond donors (Lipinski definition) is 1. The van der Waals surface area contributed by atoms with Gasteiger partial charge in [-0.1, -0.05) is 0 Å². The number of nitrogen functional groups attached to an aromatic ring is 1. The van der Waals surface area contributed by atoms with E-state index in [1.165, 1.54) is 0 Å². The lowest BCUT2D eigenvalue weighted by Crippen LogP contribution is -1.94.